The molecule has 1 aromatic carbocycles. The Bertz CT molecular complexity index is 752. The van der Waals surface area contributed by atoms with Crippen molar-refractivity contribution in [2.24, 2.45) is 5.41 Å². The summed E-state index contributed by atoms with van der Waals surface area (Å²) in [4.78, 5) is 24.6. The second-order valence-electron chi connectivity index (χ2n) is 6.18. The maximum Gasteiger partial charge on any atom is 0.240 e. The first-order chi connectivity index (χ1) is 12.3. The molecule has 0 saturated heterocycles. The van der Waals surface area contributed by atoms with Gasteiger partial charge in [-0.3, -0.25) is 9.59 Å². The Balaban J connectivity index is 1.78. The molecule has 2 rings (SSSR count). The molecule has 0 bridgehead atoms. The highest BCUT2D eigenvalue weighted by molar-refractivity contribution is 6.09. The quantitative estimate of drug-likeness (QED) is 0.552. The van der Waals surface area contributed by atoms with Crippen LogP contribution in [-0.2, 0) is 9.59 Å². The number of amides is 2. The third-order valence-electron chi connectivity index (χ3n) is 3.72. The van der Waals surface area contributed by atoms with Gasteiger partial charge in [0, 0.05) is 6.07 Å². The van der Waals surface area contributed by atoms with Gasteiger partial charge in [0.2, 0.25) is 11.8 Å². The summed E-state index contributed by atoms with van der Waals surface area (Å²) in [7, 11) is 1.59. The van der Waals surface area contributed by atoms with Gasteiger partial charge in [0.25, 0.3) is 0 Å². The molecule has 1 aromatic heterocycles. The number of aromatic nitrogens is 1. The van der Waals surface area contributed by atoms with Gasteiger partial charge in [-0.15, -0.1) is 0 Å². The molecule has 0 radical (unpaired) electrons. The third kappa shape index (κ3) is 4.98. The predicted octanol–water partition coefficient (Wildman–Crippen LogP) is 2.15. The lowest BCUT2D eigenvalue weighted by Gasteiger charge is -2.22. The number of nitrogens with zero attached hydrogens (tertiary/aromatic N) is 1. The topological polar surface area (TPSA) is 103 Å². The van der Waals surface area contributed by atoms with Gasteiger partial charge in [0.1, 0.15) is 29.3 Å². The number of benzene rings is 1. The van der Waals surface area contributed by atoms with Gasteiger partial charge < -0.3 is 24.6 Å². The van der Waals surface area contributed by atoms with Gasteiger partial charge in [0.05, 0.1) is 13.7 Å². The summed E-state index contributed by atoms with van der Waals surface area (Å²) in [6.45, 7) is 5.33. The van der Waals surface area contributed by atoms with Crippen molar-refractivity contribution < 1.29 is 23.6 Å². The number of carbonyl (C=O) groups is 2. The molecule has 2 aromatic rings. The van der Waals surface area contributed by atoms with Crippen LogP contribution in [0.4, 0.5) is 5.82 Å². The molecule has 0 aliphatic carbocycles. The number of nitrogens with one attached hydrogen (secondary N) is 2. The number of hydrogen-bond acceptors (Lipinski definition) is 6. The summed E-state index contributed by atoms with van der Waals surface area (Å²) in [5.74, 6) is 1.36. The summed E-state index contributed by atoms with van der Waals surface area (Å²) in [6.07, 6.45) is 0. The molecule has 0 spiro atoms. The van der Waals surface area contributed by atoms with Gasteiger partial charge in [-0.25, -0.2) is 0 Å². The molecule has 2 amide bonds. The van der Waals surface area contributed by atoms with Crippen LogP contribution in [-0.4, -0.2) is 37.2 Å². The SMILES string of the molecule is COc1ccc(OCCNC(=O)C(C)(C)C(=O)Nc2cc(C)on2)cc1. The third-order valence-corrected chi connectivity index (χ3v) is 3.72. The van der Waals surface area contributed by atoms with Gasteiger partial charge in [-0.05, 0) is 45.0 Å². The van der Waals surface area contributed by atoms with E-state index in [0.717, 1.165) is 5.75 Å². The average molecular weight is 361 g/mol. The average Bonchev–Trinajstić information content (AvgIpc) is 3.03. The largest absolute Gasteiger partial charge is 0.497 e. The molecule has 0 aliphatic rings. The Morgan fingerprint density at radius 2 is 1.81 bits per heavy atom. The molecule has 0 aliphatic heterocycles. The molecule has 1 heterocycles. The fourth-order valence-electron chi connectivity index (χ4n) is 2.03. The lowest BCUT2D eigenvalue weighted by Crippen LogP contribution is -2.46. The number of anilines is 1. The van der Waals surface area contributed by atoms with E-state index < -0.39 is 17.2 Å². The molecule has 0 fully saturated rings. The Hall–Kier alpha value is -3.03. The number of rotatable bonds is 8. The van der Waals surface area contributed by atoms with Gasteiger partial charge in [0.15, 0.2) is 5.82 Å². The molecular weight excluding hydrogens is 338 g/mol. The maximum absolute atomic E-state index is 12.3. The first-order valence-electron chi connectivity index (χ1n) is 8.13. The number of carbonyl (C=O) groups excluding carboxylic acids is 2. The van der Waals surface area contributed by atoms with E-state index in [1.165, 1.54) is 13.8 Å². The van der Waals surface area contributed by atoms with E-state index in [1.807, 2.05) is 0 Å². The summed E-state index contributed by atoms with van der Waals surface area (Å²) >= 11 is 0. The van der Waals surface area contributed by atoms with Crippen molar-refractivity contribution in [3.05, 3.63) is 36.1 Å². The minimum atomic E-state index is -1.27. The number of methoxy groups -OCH3 is 1. The maximum atomic E-state index is 12.3. The van der Waals surface area contributed by atoms with Gasteiger partial charge in [-0.1, -0.05) is 5.16 Å². The van der Waals surface area contributed by atoms with E-state index in [9.17, 15) is 9.59 Å². The van der Waals surface area contributed by atoms with E-state index >= 15 is 0 Å². The van der Waals surface area contributed by atoms with Crippen LogP contribution in [0, 0.1) is 12.3 Å². The van der Waals surface area contributed by atoms with Crippen LogP contribution in [0.3, 0.4) is 0 Å². The van der Waals surface area contributed by atoms with E-state index in [-0.39, 0.29) is 19.0 Å². The fourth-order valence-corrected chi connectivity index (χ4v) is 2.03. The highest BCUT2D eigenvalue weighted by atomic mass is 16.5. The molecule has 26 heavy (non-hydrogen) atoms. The van der Waals surface area contributed by atoms with Crippen LogP contribution >= 0.6 is 0 Å². The highest BCUT2D eigenvalue weighted by Gasteiger charge is 2.36. The molecule has 2 N–H and O–H groups in total. The van der Waals surface area contributed by atoms with Crippen molar-refractivity contribution in [1.29, 1.82) is 0 Å². The van der Waals surface area contributed by atoms with E-state index in [1.54, 1.807) is 44.4 Å². The first-order valence-corrected chi connectivity index (χ1v) is 8.13. The number of hydrogen-bond donors (Lipinski definition) is 2. The number of ether oxygens (including phenoxy) is 2. The Kier molecular flexibility index (Phi) is 6.21. The molecule has 140 valence electrons. The number of aryl methyl sites for hydroxylation is 1. The second kappa shape index (κ2) is 8.37. The van der Waals surface area contributed by atoms with E-state index in [4.69, 9.17) is 14.0 Å². The van der Waals surface area contributed by atoms with Crippen molar-refractivity contribution in [2.45, 2.75) is 20.8 Å². The molecule has 8 heteroatoms. The van der Waals surface area contributed by atoms with Crippen LogP contribution in [0.5, 0.6) is 11.5 Å². The molecular formula is C18H23N3O5. The Morgan fingerprint density at radius 1 is 1.15 bits per heavy atom. The summed E-state index contributed by atoms with van der Waals surface area (Å²) in [5, 5.41) is 8.94. The molecule has 8 nitrogen and oxygen atoms in total. The summed E-state index contributed by atoms with van der Waals surface area (Å²) in [5.41, 5.74) is -1.27. The monoisotopic (exact) mass is 361 g/mol. The minimum absolute atomic E-state index is 0.268. The summed E-state index contributed by atoms with van der Waals surface area (Å²) in [6, 6.07) is 8.70. The first kappa shape index (κ1) is 19.3. The predicted molar refractivity (Wildman–Crippen MR) is 95.1 cm³/mol. The minimum Gasteiger partial charge on any atom is -0.497 e. The molecule has 0 atom stereocenters. The van der Waals surface area contributed by atoms with Crippen molar-refractivity contribution >= 4 is 17.6 Å². The standard InChI is InChI=1S/C18H23N3O5/c1-12-11-15(21-26-12)20-17(23)18(2,3)16(22)19-9-10-25-14-7-5-13(24-4)6-8-14/h5-8,11H,9-10H2,1-4H3,(H,19,22)(H,20,21,23). The lowest BCUT2D eigenvalue weighted by molar-refractivity contribution is -0.138. The van der Waals surface area contributed by atoms with Crippen LogP contribution in [0.2, 0.25) is 0 Å². The zero-order chi connectivity index (χ0) is 19.2. The Labute approximate surface area is 151 Å². The molecule has 0 saturated carbocycles. The van der Waals surface area contributed by atoms with Gasteiger partial charge >= 0.3 is 0 Å². The van der Waals surface area contributed by atoms with Crippen LogP contribution in [0.25, 0.3) is 0 Å². The normalized spacial score (nSPS) is 10.9. The summed E-state index contributed by atoms with van der Waals surface area (Å²) < 4.78 is 15.5. The van der Waals surface area contributed by atoms with E-state index in [0.29, 0.717) is 11.5 Å². The lowest BCUT2D eigenvalue weighted by atomic mass is 9.91. The van der Waals surface area contributed by atoms with Crippen molar-refractivity contribution in [2.75, 3.05) is 25.6 Å². The zero-order valence-corrected chi connectivity index (χ0v) is 15.3. The molecule has 0 unspecified atom stereocenters. The Morgan fingerprint density at radius 3 is 2.38 bits per heavy atom. The van der Waals surface area contributed by atoms with Crippen molar-refractivity contribution in [1.82, 2.24) is 10.5 Å². The smallest absolute Gasteiger partial charge is 0.240 e. The van der Waals surface area contributed by atoms with Crippen LogP contribution in [0.15, 0.2) is 34.9 Å². The highest BCUT2D eigenvalue weighted by Crippen LogP contribution is 2.19. The zero-order valence-electron chi connectivity index (χ0n) is 15.3. The van der Waals surface area contributed by atoms with Crippen LogP contribution < -0.4 is 20.1 Å². The van der Waals surface area contributed by atoms with Gasteiger partial charge in [-0.2, -0.15) is 0 Å². The van der Waals surface area contributed by atoms with Crippen LogP contribution in [0.1, 0.15) is 19.6 Å². The second-order valence-corrected chi connectivity index (χ2v) is 6.18. The fraction of sp³-hybridized carbons (Fsp3) is 0.389. The van der Waals surface area contributed by atoms with E-state index in [2.05, 4.69) is 15.8 Å². The van der Waals surface area contributed by atoms with Crippen molar-refractivity contribution in [3.8, 4) is 11.5 Å². The van der Waals surface area contributed by atoms with Crippen molar-refractivity contribution in [3.63, 3.8) is 0 Å².